The largest absolute Gasteiger partial charge is 0.347 e. The van der Waals surface area contributed by atoms with Gasteiger partial charge < -0.3 is 10.6 Å². The van der Waals surface area contributed by atoms with E-state index in [0.29, 0.717) is 17.9 Å². The molecule has 0 aliphatic heterocycles. The van der Waals surface area contributed by atoms with Crippen LogP contribution in [0.15, 0.2) is 48.8 Å². The van der Waals surface area contributed by atoms with E-state index in [2.05, 4.69) is 20.6 Å². The molecule has 160 valence electrons. The molecule has 0 fully saturated rings. The number of carbonyl (C=O) groups excluding carboxylic acids is 2. The average Bonchev–Trinajstić information content (AvgIpc) is 2.72. The Morgan fingerprint density at radius 3 is 1.87 bits per heavy atom. The maximum Gasteiger partial charge on any atom is 0.270 e. The fourth-order valence-corrected chi connectivity index (χ4v) is 3.44. The van der Waals surface area contributed by atoms with Crippen LogP contribution in [0.25, 0.3) is 0 Å². The molecule has 0 saturated heterocycles. The molecule has 0 aliphatic rings. The van der Waals surface area contributed by atoms with Crippen LogP contribution in [0.1, 0.15) is 67.3 Å². The highest BCUT2D eigenvalue weighted by Gasteiger charge is 2.15. The lowest BCUT2D eigenvalue weighted by molar-refractivity contribution is 0.0929. The second-order valence-electron chi connectivity index (χ2n) is 7.98. The van der Waals surface area contributed by atoms with Crippen molar-refractivity contribution in [1.29, 1.82) is 0 Å². The maximum atomic E-state index is 12.6. The fraction of sp³-hybridized carbons (Fsp3) is 0.280. The SMILES string of the molecule is Cc1cnc(C(=O)NCc2ccc(C(C)NC(=O)c3ncc(C)cc3C)cc2)c(C)c1. The van der Waals surface area contributed by atoms with E-state index in [1.54, 1.807) is 12.4 Å². The Morgan fingerprint density at radius 1 is 0.839 bits per heavy atom. The Morgan fingerprint density at radius 2 is 1.35 bits per heavy atom. The zero-order valence-electron chi connectivity index (χ0n) is 18.6. The fourth-order valence-electron chi connectivity index (χ4n) is 3.44. The van der Waals surface area contributed by atoms with E-state index in [4.69, 9.17) is 0 Å². The van der Waals surface area contributed by atoms with Gasteiger partial charge in [0.25, 0.3) is 11.8 Å². The number of benzene rings is 1. The van der Waals surface area contributed by atoms with Gasteiger partial charge in [-0.2, -0.15) is 0 Å². The van der Waals surface area contributed by atoms with Crippen molar-refractivity contribution in [1.82, 2.24) is 20.6 Å². The first-order valence-electron chi connectivity index (χ1n) is 10.3. The van der Waals surface area contributed by atoms with Gasteiger partial charge in [-0.15, -0.1) is 0 Å². The summed E-state index contributed by atoms with van der Waals surface area (Å²) in [5.74, 6) is -0.384. The van der Waals surface area contributed by atoms with Gasteiger partial charge in [0.05, 0.1) is 6.04 Å². The molecule has 0 bridgehead atoms. The van der Waals surface area contributed by atoms with Crippen LogP contribution in [-0.4, -0.2) is 21.8 Å². The van der Waals surface area contributed by atoms with Gasteiger partial charge in [-0.3, -0.25) is 19.6 Å². The predicted octanol–water partition coefficient (Wildman–Crippen LogP) is 4.13. The average molecular weight is 417 g/mol. The van der Waals surface area contributed by atoms with Crippen molar-refractivity contribution in [2.75, 3.05) is 0 Å². The molecule has 0 saturated carbocycles. The van der Waals surface area contributed by atoms with Crippen LogP contribution in [0.4, 0.5) is 0 Å². The Balaban J connectivity index is 1.59. The van der Waals surface area contributed by atoms with Crippen molar-refractivity contribution in [3.05, 3.63) is 93.6 Å². The van der Waals surface area contributed by atoms with E-state index < -0.39 is 0 Å². The number of carbonyl (C=O) groups is 2. The van der Waals surface area contributed by atoms with Crippen molar-refractivity contribution < 1.29 is 9.59 Å². The van der Waals surface area contributed by atoms with Crippen molar-refractivity contribution in [3.8, 4) is 0 Å². The van der Waals surface area contributed by atoms with Crippen LogP contribution in [0.3, 0.4) is 0 Å². The maximum absolute atomic E-state index is 12.6. The van der Waals surface area contributed by atoms with E-state index in [-0.39, 0.29) is 17.9 Å². The molecule has 2 amide bonds. The first-order chi connectivity index (χ1) is 14.7. The second kappa shape index (κ2) is 9.51. The Labute approximate surface area is 183 Å². The third-order valence-electron chi connectivity index (χ3n) is 5.14. The molecule has 31 heavy (non-hydrogen) atoms. The normalized spacial score (nSPS) is 11.6. The minimum absolute atomic E-state index is 0.168. The van der Waals surface area contributed by atoms with Crippen molar-refractivity contribution in [2.45, 2.75) is 47.2 Å². The Hall–Kier alpha value is -3.54. The standard InChI is InChI=1S/C25H28N4O2/c1-15-10-17(3)22(26-12-15)24(30)28-14-20-6-8-21(9-7-20)19(5)29-25(31)23-18(4)11-16(2)13-27-23/h6-13,19H,14H2,1-5H3,(H,28,30)(H,29,31). The molecule has 0 radical (unpaired) electrons. The van der Waals surface area contributed by atoms with Crippen LogP contribution in [0.2, 0.25) is 0 Å². The second-order valence-corrected chi connectivity index (χ2v) is 7.98. The summed E-state index contributed by atoms with van der Waals surface area (Å²) in [6.07, 6.45) is 3.39. The summed E-state index contributed by atoms with van der Waals surface area (Å²) in [6.45, 7) is 10.0. The third kappa shape index (κ3) is 5.54. The summed E-state index contributed by atoms with van der Waals surface area (Å²) in [4.78, 5) is 33.5. The monoisotopic (exact) mass is 416 g/mol. The molecule has 1 aromatic carbocycles. The van der Waals surface area contributed by atoms with Crippen LogP contribution in [-0.2, 0) is 6.54 Å². The highest BCUT2D eigenvalue weighted by molar-refractivity contribution is 5.94. The van der Waals surface area contributed by atoms with E-state index in [0.717, 1.165) is 33.4 Å². The molecule has 0 spiro atoms. The van der Waals surface area contributed by atoms with E-state index in [1.807, 2.05) is 71.0 Å². The minimum atomic E-state index is -0.192. The molecule has 3 rings (SSSR count). The van der Waals surface area contributed by atoms with Crippen molar-refractivity contribution in [3.63, 3.8) is 0 Å². The number of aryl methyl sites for hydroxylation is 4. The molecule has 6 heteroatoms. The number of aromatic nitrogens is 2. The van der Waals surface area contributed by atoms with Gasteiger partial charge in [-0.25, -0.2) is 0 Å². The number of hydrogen-bond acceptors (Lipinski definition) is 4. The summed E-state index contributed by atoms with van der Waals surface area (Å²) < 4.78 is 0. The topological polar surface area (TPSA) is 84.0 Å². The number of rotatable bonds is 6. The van der Waals surface area contributed by atoms with Gasteiger partial charge in [0.15, 0.2) is 0 Å². The predicted molar refractivity (Wildman–Crippen MR) is 121 cm³/mol. The first-order valence-corrected chi connectivity index (χ1v) is 10.3. The van der Waals surface area contributed by atoms with Crippen molar-refractivity contribution in [2.24, 2.45) is 0 Å². The van der Waals surface area contributed by atoms with Gasteiger partial charge in [0.2, 0.25) is 0 Å². The van der Waals surface area contributed by atoms with E-state index in [1.165, 1.54) is 0 Å². The summed E-state index contributed by atoms with van der Waals surface area (Å²) in [7, 11) is 0. The smallest absolute Gasteiger partial charge is 0.270 e. The zero-order chi connectivity index (χ0) is 22.5. The highest BCUT2D eigenvalue weighted by atomic mass is 16.2. The van der Waals surface area contributed by atoms with Gasteiger partial charge >= 0.3 is 0 Å². The summed E-state index contributed by atoms with van der Waals surface area (Å²) in [5, 5.41) is 5.90. The lowest BCUT2D eigenvalue weighted by Gasteiger charge is -2.16. The molecule has 2 heterocycles. The molecule has 1 atom stereocenters. The molecular formula is C25H28N4O2. The highest BCUT2D eigenvalue weighted by Crippen LogP contribution is 2.16. The Kier molecular flexibility index (Phi) is 6.80. The van der Waals surface area contributed by atoms with Gasteiger partial charge in [0, 0.05) is 18.9 Å². The van der Waals surface area contributed by atoms with Crippen LogP contribution in [0.5, 0.6) is 0 Å². The molecule has 2 N–H and O–H groups in total. The number of hydrogen-bond donors (Lipinski definition) is 2. The minimum Gasteiger partial charge on any atom is -0.347 e. The quantitative estimate of drug-likeness (QED) is 0.633. The van der Waals surface area contributed by atoms with Gasteiger partial charge in [-0.05, 0) is 68.0 Å². The zero-order valence-corrected chi connectivity index (χ0v) is 18.6. The summed E-state index contributed by atoms with van der Waals surface area (Å²) in [6, 6.07) is 11.5. The number of nitrogens with one attached hydrogen (secondary N) is 2. The Bertz CT molecular complexity index is 1110. The lowest BCUT2D eigenvalue weighted by atomic mass is 10.1. The van der Waals surface area contributed by atoms with Crippen LogP contribution in [0, 0.1) is 27.7 Å². The third-order valence-corrected chi connectivity index (χ3v) is 5.14. The summed E-state index contributed by atoms with van der Waals surface area (Å²) in [5.41, 5.74) is 6.60. The van der Waals surface area contributed by atoms with Crippen LogP contribution >= 0.6 is 0 Å². The molecular weight excluding hydrogens is 388 g/mol. The van der Waals surface area contributed by atoms with Gasteiger partial charge in [-0.1, -0.05) is 36.4 Å². The molecule has 3 aromatic rings. The van der Waals surface area contributed by atoms with E-state index in [9.17, 15) is 9.59 Å². The molecule has 1 unspecified atom stereocenters. The van der Waals surface area contributed by atoms with Crippen LogP contribution < -0.4 is 10.6 Å². The molecule has 2 aromatic heterocycles. The number of pyridine rings is 2. The first kappa shape index (κ1) is 22.2. The van der Waals surface area contributed by atoms with E-state index >= 15 is 0 Å². The number of nitrogens with zero attached hydrogens (tertiary/aromatic N) is 2. The molecule has 6 nitrogen and oxygen atoms in total. The summed E-state index contributed by atoms with van der Waals surface area (Å²) >= 11 is 0. The van der Waals surface area contributed by atoms with Crippen molar-refractivity contribution >= 4 is 11.8 Å². The molecule has 0 aliphatic carbocycles. The van der Waals surface area contributed by atoms with Gasteiger partial charge in [0.1, 0.15) is 11.4 Å². The number of amides is 2. The lowest BCUT2D eigenvalue weighted by Crippen LogP contribution is -2.28.